The van der Waals surface area contributed by atoms with Crippen molar-refractivity contribution in [2.45, 2.75) is 6.92 Å². The van der Waals surface area contributed by atoms with Crippen LogP contribution in [-0.4, -0.2) is 41.5 Å². The molecule has 17 heavy (non-hydrogen) atoms. The van der Waals surface area contributed by atoms with Gasteiger partial charge >= 0.3 is 11.8 Å². The molecule has 0 radical (unpaired) electrons. The number of hydrogen-bond donors (Lipinski definition) is 2. The number of para-hydroxylation sites is 1. The second kappa shape index (κ2) is 6.65. The highest BCUT2D eigenvalue weighted by Crippen LogP contribution is 2.05. The zero-order valence-corrected chi connectivity index (χ0v) is 9.72. The van der Waals surface area contributed by atoms with E-state index in [-0.39, 0.29) is 13.2 Å². The van der Waals surface area contributed by atoms with Gasteiger partial charge in [0.15, 0.2) is 0 Å². The normalized spacial score (nSPS) is 9.76. The molecule has 92 valence electrons. The Bertz CT molecular complexity index is 379. The Morgan fingerprint density at radius 3 is 2.47 bits per heavy atom. The van der Waals surface area contributed by atoms with Gasteiger partial charge in [0.25, 0.3) is 0 Å². The van der Waals surface area contributed by atoms with Crippen molar-refractivity contribution in [3.63, 3.8) is 0 Å². The van der Waals surface area contributed by atoms with Gasteiger partial charge in [-0.05, 0) is 19.1 Å². The van der Waals surface area contributed by atoms with Crippen molar-refractivity contribution in [1.82, 2.24) is 4.90 Å². The maximum Gasteiger partial charge on any atom is 0.313 e. The van der Waals surface area contributed by atoms with Crippen LogP contribution in [0.1, 0.15) is 6.92 Å². The second-order valence-corrected chi connectivity index (χ2v) is 3.43. The number of nitrogens with one attached hydrogen (secondary N) is 1. The number of rotatable bonds is 4. The summed E-state index contributed by atoms with van der Waals surface area (Å²) in [4.78, 5) is 24.6. The van der Waals surface area contributed by atoms with Crippen molar-refractivity contribution in [2.24, 2.45) is 0 Å². The van der Waals surface area contributed by atoms with E-state index in [9.17, 15) is 9.59 Å². The van der Waals surface area contributed by atoms with Crippen LogP contribution in [0.5, 0.6) is 0 Å². The van der Waals surface area contributed by atoms with Gasteiger partial charge in [-0.15, -0.1) is 0 Å². The summed E-state index contributed by atoms with van der Waals surface area (Å²) >= 11 is 0. The van der Waals surface area contributed by atoms with Crippen molar-refractivity contribution < 1.29 is 14.7 Å². The molecule has 1 aromatic rings. The third-order valence-corrected chi connectivity index (χ3v) is 2.26. The third-order valence-electron chi connectivity index (χ3n) is 2.26. The minimum atomic E-state index is -0.688. The summed E-state index contributed by atoms with van der Waals surface area (Å²) in [5.41, 5.74) is 0.575. The molecule has 0 heterocycles. The van der Waals surface area contributed by atoms with Crippen molar-refractivity contribution in [1.29, 1.82) is 0 Å². The molecule has 0 aromatic heterocycles. The van der Waals surface area contributed by atoms with E-state index < -0.39 is 11.8 Å². The number of carbonyl (C=O) groups is 2. The molecule has 5 heteroatoms. The molecule has 5 nitrogen and oxygen atoms in total. The van der Waals surface area contributed by atoms with Gasteiger partial charge in [0.05, 0.1) is 6.61 Å². The van der Waals surface area contributed by atoms with Crippen LogP contribution in [0.25, 0.3) is 0 Å². The molecule has 0 unspecified atom stereocenters. The SMILES string of the molecule is CCN(CCO)C(=O)C(=O)Nc1ccccc1. The summed E-state index contributed by atoms with van der Waals surface area (Å²) in [7, 11) is 0. The highest BCUT2D eigenvalue weighted by molar-refractivity contribution is 6.39. The smallest absolute Gasteiger partial charge is 0.313 e. The molecule has 1 rings (SSSR count). The van der Waals surface area contributed by atoms with Gasteiger partial charge < -0.3 is 15.3 Å². The highest BCUT2D eigenvalue weighted by atomic mass is 16.3. The minimum Gasteiger partial charge on any atom is -0.395 e. The van der Waals surface area contributed by atoms with Gasteiger partial charge in [-0.3, -0.25) is 9.59 Å². The van der Waals surface area contributed by atoms with Gasteiger partial charge in [0.2, 0.25) is 0 Å². The molecule has 0 saturated heterocycles. The van der Waals surface area contributed by atoms with E-state index in [0.717, 1.165) is 0 Å². The fourth-order valence-corrected chi connectivity index (χ4v) is 1.37. The minimum absolute atomic E-state index is 0.155. The first-order valence-electron chi connectivity index (χ1n) is 5.45. The van der Waals surface area contributed by atoms with E-state index in [1.807, 2.05) is 6.07 Å². The fraction of sp³-hybridized carbons (Fsp3) is 0.333. The molecule has 0 fully saturated rings. The van der Waals surface area contributed by atoms with Crippen molar-refractivity contribution in [3.05, 3.63) is 30.3 Å². The van der Waals surface area contributed by atoms with Crippen molar-refractivity contribution in [2.75, 3.05) is 25.0 Å². The predicted molar refractivity (Wildman–Crippen MR) is 64.4 cm³/mol. The molecular formula is C12H16N2O3. The number of anilines is 1. The number of benzene rings is 1. The largest absolute Gasteiger partial charge is 0.395 e. The number of nitrogens with zero attached hydrogens (tertiary/aromatic N) is 1. The Morgan fingerprint density at radius 2 is 1.94 bits per heavy atom. The van der Waals surface area contributed by atoms with Crippen LogP contribution in [0, 0.1) is 0 Å². The second-order valence-electron chi connectivity index (χ2n) is 3.43. The number of likely N-dealkylation sites (N-methyl/N-ethyl adjacent to an activating group) is 1. The van der Waals surface area contributed by atoms with E-state index in [0.29, 0.717) is 12.2 Å². The van der Waals surface area contributed by atoms with Gasteiger partial charge in [-0.2, -0.15) is 0 Å². The van der Waals surface area contributed by atoms with Crippen molar-refractivity contribution >= 4 is 17.5 Å². The van der Waals surface area contributed by atoms with Gasteiger partial charge in [-0.25, -0.2) is 0 Å². The lowest BCUT2D eigenvalue weighted by Crippen LogP contribution is -2.41. The lowest BCUT2D eigenvalue weighted by molar-refractivity contribution is -0.143. The zero-order chi connectivity index (χ0) is 12.7. The Morgan fingerprint density at radius 1 is 1.29 bits per heavy atom. The zero-order valence-electron chi connectivity index (χ0n) is 9.72. The lowest BCUT2D eigenvalue weighted by atomic mass is 10.3. The fourth-order valence-electron chi connectivity index (χ4n) is 1.37. The molecule has 0 aliphatic heterocycles. The van der Waals surface area contributed by atoms with Crippen LogP contribution in [-0.2, 0) is 9.59 Å². The number of aliphatic hydroxyl groups excluding tert-OH is 1. The van der Waals surface area contributed by atoms with Crippen LogP contribution in [0.2, 0.25) is 0 Å². The topological polar surface area (TPSA) is 69.6 Å². The summed E-state index contributed by atoms with van der Waals surface area (Å²) in [6.07, 6.45) is 0. The Labute approximate surface area is 100 Å². The van der Waals surface area contributed by atoms with Crippen molar-refractivity contribution in [3.8, 4) is 0 Å². The summed E-state index contributed by atoms with van der Waals surface area (Å²) in [5.74, 6) is -1.32. The summed E-state index contributed by atoms with van der Waals surface area (Å²) < 4.78 is 0. The monoisotopic (exact) mass is 236 g/mol. The molecular weight excluding hydrogens is 220 g/mol. The van der Waals surface area contributed by atoms with Crippen LogP contribution in [0.4, 0.5) is 5.69 Å². The average Bonchev–Trinajstić information content (AvgIpc) is 2.36. The maximum atomic E-state index is 11.7. The molecule has 0 atom stereocenters. The standard InChI is InChI=1S/C12H16N2O3/c1-2-14(8-9-15)12(17)11(16)13-10-6-4-3-5-7-10/h3-7,15H,2,8-9H2,1H3,(H,13,16). The average molecular weight is 236 g/mol. The van der Waals surface area contributed by atoms with E-state index in [1.54, 1.807) is 31.2 Å². The molecule has 2 N–H and O–H groups in total. The molecule has 0 aliphatic carbocycles. The van der Waals surface area contributed by atoms with Crippen LogP contribution in [0.3, 0.4) is 0 Å². The lowest BCUT2D eigenvalue weighted by Gasteiger charge is -2.18. The number of aliphatic hydroxyl groups is 1. The number of carbonyl (C=O) groups excluding carboxylic acids is 2. The molecule has 0 bridgehead atoms. The van der Waals surface area contributed by atoms with Crippen LogP contribution >= 0.6 is 0 Å². The molecule has 1 aromatic carbocycles. The summed E-state index contributed by atoms with van der Waals surface area (Å²) in [5, 5.41) is 11.3. The molecule has 0 aliphatic rings. The van der Waals surface area contributed by atoms with E-state index in [4.69, 9.17) is 5.11 Å². The van der Waals surface area contributed by atoms with Gasteiger partial charge in [0, 0.05) is 18.8 Å². The number of hydrogen-bond acceptors (Lipinski definition) is 3. The van der Waals surface area contributed by atoms with Crippen LogP contribution in [0.15, 0.2) is 30.3 Å². The Balaban J connectivity index is 2.61. The van der Waals surface area contributed by atoms with E-state index in [2.05, 4.69) is 5.32 Å². The summed E-state index contributed by atoms with van der Waals surface area (Å²) in [6, 6.07) is 8.76. The predicted octanol–water partition coefficient (Wildman–Crippen LogP) is 0.466. The summed E-state index contributed by atoms with van der Waals surface area (Å²) in [6.45, 7) is 2.15. The number of amides is 2. The Hall–Kier alpha value is -1.88. The van der Waals surface area contributed by atoms with Gasteiger partial charge in [0.1, 0.15) is 0 Å². The van der Waals surface area contributed by atoms with E-state index in [1.165, 1.54) is 4.90 Å². The maximum absolute atomic E-state index is 11.7. The van der Waals surface area contributed by atoms with Gasteiger partial charge in [-0.1, -0.05) is 18.2 Å². The van der Waals surface area contributed by atoms with E-state index >= 15 is 0 Å². The third kappa shape index (κ3) is 3.88. The molecule has 2 amide bonds. The molecule has 0 spiro atoms. The van der Waals surface area contributed by atoms with Crippen LogP contribution < -0.4 is 5.32 Å². The molecule has 0 saturated carbocycles. The first-order chi connectivity index (χ1) is 8.19. The Kier molecular flexibility index (Phi) is 5.16. The first kappa shape index (κ1) is 13.2. The quantitative estimate of drug-likeness (QED) is 0.746. The highest BCUT2D eigenvalue weighted by Gasteiger charge is 2.19. The first-order valence-corrected chi connectivity index (χ1v) is 5.45.